The number of hydrogen-bond donors (Lipinski definition) is 1. The summed E-state index contributed by atoms with van der Waals surface area (Å²) in [6.07, 6.45) is 1.78. The summed E-state index contributed by atoms with van der Waals surface area (Å²) in [4.78, 5) is 41.6. The van der Waals surface area contributed by atoms with E-state index in [9.17, 15) is 14.4 Å². The Bertz CT molecular complexity index is 1240. The highest BCUT2D eigenvalue weighted by Gasteiger charge is 2.35. The summed E-state index contributed by atoms with van der Waals surface area (Å²) >= 11 is 0. The zero-order valence-corrected chi connectivity index (χ0v) is 20.3. The Morgan fingerprint density at radius 2 is 1.47 bits per heavy atom. The van der Waals surface area contributed by atoms with Crippen LogP contribution in [0.25, 0.3) is 0 Å². The molecule has 3 aromatic rings. The lowest BCUT2D eigenvalue weighted by Gasteiger charge is -2.32. The van der Waals surface area contributed by atoms with Crippen LogP contribution in [0.15, 0.2) is 72.8 Å². The number of carbonyl (C=O) groups excluding carboxylic acids is 3. The van der Waals surface area contributed by atoms with Gasteiger partial charge in [-0.2, -0.15) is 0 Å². The van der Waals surface area contributed by atoms with Gasteiger partial charge < -0.3 is 10.1 Å². The fourth-order valence-corrected chi connectivity index (χ4v) is 4.91. The summed E-state index contributed by atoms with van der Waals surface area (Å²) in [5, 5.41) is 3.15. The van der Waals surface area contributed by atoms with Crippen molar-refractivity contribution >= 4 is 17.7 Å². The lowest BCUT2D eigenvalue weighted by molar-refractivity contribution is 0.0641. The second kappa shape index (κ2) is 10.3. The van der Waals surface area contributed by atoms with E-state index in [0.717, 1.165) is 43.8 Å². The molecule has 2 aliphatic rings. The second-order valence-corrected chi connectivity index (χ2v) is 9.27. The van der Waals surface area contributed by atoms with Crippen LogP contribution >= 0.6 is 0 Å². The number of fused-ring (bicyclic) bond motifs is 1. The molecule has 0 atom stereocenters. The average molecular weight is 484 g/mol. The molecule has 36 heavy (non-hydrogen) atoms. The monoisotopic (exact) mass is 483 g/mol. The molecule has 3 amide bonds. The molecule has 0 unspecified atom stereocenters. The largest absolute Gasteiger partial charge is 0.496 e. The second-order valence-electron chi connectivity index (χ2n) is 9.27. The molecule has 7 nitrogen and oxygen atoms in total. The van der Waals surface area contributed by atoms with E-state index in [4.69, 9.17) is 4.74 Å². The minimum absolute atomic E-state index is 0.106. The topological polar surface area (TPSA) is 79.0 Å². The first-order valence-corrected chi connectivity index (χ1v) is 12.2. The first-order valence-electron chi connectivity index (χ1n) is 12.2. The van der Waals surface area contributed by atoms with Gasteiger partial charge in [-0.05, 0) is 48.7 Å². The fraction of sp³-hybridized carbons (Fsp3) is 0.276. The zero-order chi connectivity index (χ0) is 25.1. The normalized spacial score (nSPS) is 16.2. The number of amides is 3. The summed E-state index contributed by atoms with van der Waals surface area (Å²) in [6, 6.07) is 22.1. The first kappa shape index (κ1) is 23.8. The first-order chi connectivity index (χ1) is 17.5. The van der Waals surface area contributed by atoms with Crippen molar-refractivity contribution < 1.29 is 19.1 Å². The number of piperidine rings is 1. The molecule has 5 rings (SSSR count). The van der Waals surface area contributed by atoms with E-state index in [1.54, 1.807) is 55.6 Å². The van der Waals surface area contributed by atoms with Crippen molar-refractivity contribution in [3.05, 3.63) is 101 Å². The molecule has 184 valence electrons. The number of likely N-dealkylation sites (tertiary alicyclic amines) is 1. The van der Waals surface area contributed by atoms with E-state index in [1.165, 1.54) is 10.5 Å². The maximum absolute atomic E-state index is 12.8. The third kappa shape index (κ3) is 4.88. The van der Waals surface area contributed by atoms with Crippen LogP contribution in [0, 0.1) is 0 Å². The maximum atomic E-state index is 12.8. The van der Waals surface area contributed by atoms with Crippen molar-refractivity contribution in [2.75, 3.05) is 20.2 Å². The number of nitrogens with one attached hydrogen (secondary N) is 1. The van der Waals surface area contributed by atoms with Gasteiger partial charge in [0.15, 0.2) is 0 Å². The van der Waals surface area contributed by atoms with Gasteiger partial charge >= 0.3 is 0 Å². The Kier molecular flexibility index (Phi) is 6.82. The van der Waals surface area contributed by atoms with E-state index in [1.807, 2.05) is 18.2 Å². The van der Waals surface area contributed by atoms with E-state index in [0.29, 0.717) is 16.7 Å². The van der Waals surface area contributed by atoms with Gasteiger partial charge in [0.05, 0.1) is 24.8 Å². The summed E-state index contributed by atoms with van der Waals surface area (Å²) in [6.45, 7) is 2.82. The third-order valence-corrected chi connectivity index (χ3v) is 6.94. The number of imide groups is 1. The molecular formula is C29H29N3O4. The minimum atomic E-state index is -0.283. The lowest BCUT2D eigenvalue weighted by Crippen LogP contribution is -2.44. The molecule has 0 aliphatic carbocycles. The van der Waals surface area contributed by atoms with Gasteiger partial charge in [-0.3, -0.25) is 24.2 Å². The Hall–Kier alpha value is -3.97. The van der Waals surface area contributed by atoms with Crippen LogP contribution < -0.4 is 10.1 Å². The molecule has 0 saturated carbocycles. The van der Waals surface area contributed by atoms with Gasteiger partial charge in [0.2, 0.25) is 0 Å². The van der Waals surface area contributed by atoms with Crippen molar-refractivity contribution in [2.24, 2.45) is 0 Å². The summed E-state index contributed by atoms with van der Waals surface area (Å²) in [5.74, 6) is 0.230. The highest BCUT2D eigenvalue weighted by molar-refractivity contribution is 6.21. The van der Waals surface area contributed by atoms with Crippen LogP contribution in [0.5, 0.6) is 5.75 Å². The van der Waals surface area contributed by atoms with Gasteiger partial charge in [-0.25, -0.2) is 0 Å². The predicted octanol–water partition coefficient (Wildman–Crippen LogP) is 3.89. The van der Waals surface area contributed by atoms with E-state index >= 15 is 0 Å². The molecule has 0 aromatic heterocycles. The molecule has 0 spiro atoms. The molecular weight excluding hydrogens is 454 g/mol. The molecule has 2 aliphatic heterocycles. The SMILES string of the molecule is COc1ccccc1CN1CCC(NC(=O)c2ccc(CN3C(=O)c4ccccc4C3=O)cc2)CC1. The molecule has 0 radical (unpaired) electrons. The molecule has 0 bridgehead atoms. The quantitative estimate of drug-likeness (QED) is 0.516. The van der Waals surface area contributed by atoms with Crippen LogP contribution in [0.3, 0.4) is 0 Å². The molecule has 3 aromatic carbocycles. The summed E-state index contributed by atoms with van der Waals surface area (Å²) in [5.41, 5.74) is 3.41. The predicted molar refractivity (Wildman–Crippen MR) is 136 cm³/mol. The third-order valence-electron chi connectivity index (χ3n) is 6.94. The molecule has 1 saturated heterocycles. The van der Waals surface area contributed by atoms with Crippen LogP contribution in [-0.4, -0.2) is 53.8 Å². The van der Waals surface area contributed by atoms with Gasteiger partial charge in [-0.1, -0.05) is 42.5 Å². The van der Waals surface area contributed by atoms with Gasteiger partial charge in [0.25, 0.3) is 17.7 Å². The van der Waals surface area contributed by atoms with Gasteiger partial charge in [0, 0.05) is 36.8 Å². The van der Waals surface area contributed by atoms with Crippen LogP contribution in [-0.2, 0) is 13.1 Å². The number of carbonyl (C=O) groups is 3. The van der Waals surface area contributed by atoms with Crippen LogP contribution in [0.2, 0.25) is 0 Å². The van der Waals surface area contributed by atoms with Crippen molar-refractivity contribution in [3.8, 4) is 5.75 Å². The Morgan fingerprint density at radius 1 is 0.861 bits per heavy atom. The lowest BCUT2D eigenvalue weighted by atomic mass is 10.0. The number of ether oxygens (including phenoxy) is 1. The summed E-state index contributed by atoms with van der Waals surface area (Å²) < 4.78 is 5.46. The van der Waals surface area contributed by atoms with Gasteiger partial charge in [-0.15, -0.1) is 0 Å². The highest BCUT2D eigenvalue weighted by atomic mass is 16.5. The molecule has 1 fully saturated rings. The highest BCUT2D eigenvalue weighted by Crippen LogP contribution is 2.25. The number of hydrogen-bond acceptors (Lipinski definition) is 5. The fourth-order valence-electron chi connectivity index (χ4n) is 4.91. The number of para-hydroxylation sites is 1. The number of benzene rings is 3. The van der Waals surface area contributed by atoms with E-state index in [-0.39, 0.29) is 30.3 Å². The Balaban J connectivity index is 1.13. The number of rotatable bonds is 7. The Labute approximate surface area is 210 Å². The number of nitrogens with zero attached hydrogens (tertiary/aromatic N) is 2. The zero-order valence-electron chi connectivity index (χ0n) is 20.3. The molecule has 1 N–H and O–H groups in total. The minimum Gasteiger partial charge on any atom is -0.496 e. The standard InChI is InChI=1S/C29H29N3O4/c1-36-26-9-5-2-6-22(26)19-31-16-14-23(15-17-31)30-27(33)21-12-10-20(11-13-21)18-32-28(34)24-7-3-4-8-25(24)29(32)35/h2-13,23H,14-19H2,1H3,(H,30,33). The Morgan fingerprint density at radius 3 is 2.11 bits per heavy atom. The van der Waals surface area contributed by atoms with Gasteiger partial charge in [0.1, 0.15) is 5.75 Å². The smallest absolute Gasteiger partial charge is 0.261 e. The van der Waals surface area contributed by atoms with Crippen molar-refractivity contribution in [2.45, 2.75) is 32.0 Å². The van der Waals surface area contributed by atoms with Crippen molar-refractivity contribution in [1.82, 2.24) is 15.1 Å². The summed E-state index contributed by atoms with van der Waals surface area (Å²) in [7, 11) is 1.69. The van der Waals surface area contributed by atoms with E-state index in [2.05, 4.69) is 16.3 Å². The van der Waals surface area contributed by atoms with Crippen LogP contribution in [0.4, 0.5) is 0 Å². The van der Waals surface area contributed by atoms with Crippen LogP contribution in [0.1, 0.15) is 55.0 Å². The number of methoxy groups -OCH3 is 1. The molecule has 7 heteroatoms. The van der Waals surface area contributed by atoms with E-state index < -0.39 is 0 Å². The molecule has 2 heterocycles. The van der Waals surface area contributed by atoms with Crippen molar-refractivity contribution in [3.63, 3.8) is 0 Å². The average Bonchev–Trinajstić information content (AvgIpc) is 3.15. The maximum Gasteiger partial charge on any atom is 0.261 e. The van der Waals surface area contributed by atoms with Crippen molar-refractivity contribution in [1.29, 1.82) is 0 Å².